The largest absolute Gasteiger partial charge is 0.504 e. The SMILES string of the molecule is CCC1CCc2cc(O)c(OC)cc2-c2cc(=O)c(C(=O)O)cn21. The summed E-state index contributed by atoms with van der Waals surface area (Å²) in [6.45, 7) is 2.03. The maximum absolute atomic E-state index is 12.2. The molecule has 0 radical (unpaired) electrons. The highest BCUT2D eigenvalue weighted by Gasteiger charge is 2.24. The number of aromatic hydroxyl groups is 1. The molecule has 2 heterocycles. The number of nitrogens with zero attached hydrogens (tertiary/aromatic N) is 1. The number of aromatic carboxylic acids is 1. The number of pyridine rings is 1. The fraction of sp³-hybridized carbons (Fsp3) is 0.333. The average Bonchev–Trinajstić information content (AvgIpc) is 2.69. The van der Waals surface area contributed by atoms with Crippen LogP contribution in [0.1, 0.15) is 41.7 Å². The number of hydrogen-bond acceptors (Lipinski definition) is 4. The minimum absolute atomic E-state index is 0.0576. The first-order valence-electron chi connectivity index (χ1n) is 7.86. The van der Waals surface area contributed by atoms with E-state index in [2.05, 4.69) is 0 Å². The lowest BCUT2D eigenvalue weighted by molar-refractivity contribution is 0.0694. The quantitative estimate of drug-likeness (QED) is 0.904. The highest BCUT2D eigenvalue weighted by molar-refractivity contribution is 5.87. The van der Waals surface area contributed by atoms with E-state index in [1.807, 2.05) is 11.5 Å². The molecule has 2 aromatic rings. The summed E-state index contributed by atoms with van der Waals surface area (Å²) in [5, 5.41) is 19.3. The molecule has 1 aliphatic heterocycles. The Morgan fingerprint density at radius 3 is 2.75 bits per heavy atom. The molecule has 3 rings (SSSR count). The number of methoxy groups -OCH3 is 1. The van der Waals surface area contributed by atoms with Crippen LogP contribution in [0.2, 0.25) is 0 Å². The van der Waals surface area contributed by atoms with E-state index in [1.54, 1.807) is 12.1 Å². The summed E-state index contributed by atoms with van der Waals surface area (Å²) in [7, 11) is 1.47. The molecule has 0 saturated heterocycles. The van der Waals surface area contributed by atoms with Crippen LogP contribution in [0.25, 0.3) is 11.3 Å². The monoisotopic (exact) mass is 329 g/mol. The lowest BCUT2D eigenvalue weighted by Gasteiger charge is -2.21. The molecule has 1 aliphatic rings. The number of aromatic nitrogens is 1. The maximum Gasteiger partial charge on any atom is 0.341 e. The van der Waals surface area contributed by atoms with Crippen molar-refractivity contribution in [2.75, 3.05) is 7.11 Å². The Hall–Kier alpha value is -2.76. The molecule has 1 aromatic heterocycles. The Bertz CT molecular complexity index is 868. The second kappa shape index (κ2) is 6.03. The van der Waals surface area contributed by atoms with E-state index in [-0.39, 0.29) is 17.4 Å². The Balaban J connectivity index is 2.33. The molecule has 1 atom stereocenters. The van der Waals surface area contributed by atoms with Gasteiger partial charge in [-0.3, -0.25) is 4.79 Å². The summed E-state index contributed by atoms with van der Waals surface area (Å²) < 4.78 is 7.05. The van der Waals surface area contributed by atoms with Gasteiger partial charge in [0.1, 0.15) is 5.56 Å². The molecular formula is C18H19NO5. The van der Waals surface area contributed by atoms with E-state index in [9.17, 15) is 19.8 Å². The number of carboxylic acid groups (broad SMARTS) is 1. The van der Waals surface area contributed by atoms with Gasteiger partial charge in [0.05, 0.1) is 12.8 Å². The van der Waals surface area contributed by atoms with Gasteiger partial charge >= 0.3 is 5.97 Å². The Labute approximate surface area is 138 Å². The smallest absolute Gasteiger partial charge is 0.341 e. The molecule has 1 unspecified atom stereocenters. The number of phenolic OH excluding ortho intramolecular Hbond substituents is 1. The molecule has 6 heteroatoms. The van der Waals surface area contributed by atoms with Gasteiger partial charge in [0.2, 0.25) is 0 Å². The van der Waals surface area contributed by atoms with Gasteiger partial charge in [-0.05, 0) is 37.0 Å². The number of ether oxygens (including phenoxy) is 1. The Kier molecular flexibility index (Phi) is 4.05. The van der Waals surface area contributed by atoms with E-state index in [0.717, 1.165) is 30.4 Å². The highest BCUT2D eigenvalue weighted by atomic mass is 16.5. The van der Waals surface area contributed by atoms with Crippen molar-refractivity contribution >= 4 is 5.97 Å². The number of phenols is 1. The summed E-state index contributed by atoms with van der Waals surface area (Å²) >= 11 is 0. The fourth-order valence-corrected chi connectivity index (χ4v) is 3.31. The lowest BCUT2D eigenvalue weighted by atomic mass is 9.99. The first-order valence-corrected chi connectivity index (χ1v) is 7.86. The molecule has 2 N–H and O–H groups in total. The predicted molar refractivity (Wildman–Crippen MR) is 89.0 cm³/mol. The van der Waals surface area contributed by atoms with Crippen molar-refractivity contribution < 1.29 is 19.7 Å². The van der Waals surface area contributed by atoms with Crippen LogP contribution in [0.4, 0.5) is 0 Å². The van der Waals surface area contributed by atoms with Crippen LogP contribution in [0, 0.1) is 0 Å². The van der Waals surface area contributed by atoms with Gasteiger partial charge in [0.25, 0.3) is 0 Å². The van der Waals surface area contributed by atoms with Crippen molar-refractivity contribution in [2.45, 2.75) is 32.2 Å². The molecular weight excluding hydrogens is 310 g/mol. The molecule has 0 amide bonds. The van der Waals surface area contributed by atoms with Crippen molar-refractivity contribution in [3.8, 4) is 22.8 Å². The second-order valence-corrected chi connectivity index (χ2v) is 5.93. The third-order valence-corrected chi connectivity index (χ3v) is 4.60. The maximum atomic E-state index is 12.2. The summed E-state index contributed by atoms with van der Waals surface area (Å²) in [6.07, 6.45) is 3.77. The van der Waals surface area contributed by atoms with Crippen LogP contribution >= 0.6 is 0 Å². The molecule has 0 spiro atoms. The van der Waals surface area contributed by atoms with E-state index in [0.29, 0.717) is 11.4 Å². The van der Waals surface area contributed by atoms with E-state index < -0.39 is 11.4 Å². The molecule has 0 aliphatic carbocycles. The number of aryl methyl sites for hydroxylation is 1. The first kappa shape index (κ1) is 16.1. The number of benzene rings is 1. The predicted octanol–water partition coefficient (Wildman–Crippen LogP) is 2.83. The minimum atomic E-state index is -1.22. The Morgan fingerprint density at radius 2 is 2.12 bits per heavy atom. The standard InChI is InChI=1S/C18H19NO5/c1-3-11-5-4-10-6-16(21)17(24-2)7-12(10)14-8-15(20)13(18(22)23)9-19(11)14/h6-9,11,21H,3-5H2,1-2H3,(H,22,23). The summed E-state index contributed by atoms with van der Waals surface area (Å²) in [5.74, 6) is -0.842. The van der Waals surface area contributed by atoms with Crippen molar-refractivity contribution in [2.24, 2.45) is 0 Å². The molecule has 0 saturated carbocycles. The van der Waals surface area contributed by atoms with Gasteiger partial charge in [0.15, 0.2) is 16.9 Å². The second-order valence-electron chi connectivity index (χ2n) is 5.93. The zero-order valence-electron chi connectivity index (χ0n) is 13.6. The van der Waals surface area contributed by atoms with Crippen molar-refractivity contribution in [1.82, 2.24) is 4.57 Å². The van der Waals surface area contributed by atoms with Gasteiger partial charge in [-0.2, -0.15) is 0 Å². The molecule has 1 aromatic carbocycles. The van der Waals surface area contributed by atoms with Crippen molar-refractivity contribution in [3.05, 3.63) is 45.7 Å². The van der Waals surface area contributed by atoms with Crippen LogP contribution in [-0.2, 0) is 6.42 Å². The zero-order valence-corrected chi connectivity index (χ0v) is 13.6. The molecule has 0 fully saturated rings. The van der Waals surface area contributed by atoms with Crippen molar-refractivity contribution in [1.29, 1.82) is 0 Å². The van der Waals surface area contributed by atoms with E-state index in [1.165, 1.54) is 19.4 Å². The van der Waals surface area contributed by atoms with E-state index in [4.69, 9.17) is 4.74 Å². The van der Waals surface area contributed by atoms with Gasteiger partial charge in [0, 0.05) is 23.9 Å². The van der Waals surface area contributed by atoms with Crippen molar-refractivity contribution in [3.63, 3.8) is 0 Å². The van der Waals surface area contributed by atoms with Gasteiger partial charge in [-0.1, -0.05) is 6.92 Å². The minimum Gasteiger partial charge on any atom is -0.504 e. The van der Waals surface area contributed by atoms with Crippen LogP contribution in [0.5, 0.6) is 11.5 Å². The third-order valence-electron chi connectivity index (χ3n) is 4.60. The number of hydrogen-bond donors (Lipinski definition) is 2. The summed E-state index contributed by atoms with van der Waals surface area (Å²) in [4.78, 5) is 23.5. The summed E-state index contributed by atoms with van der Waals surface area (Å²) in [5.41, 5.74) is 1.60. The van der Waals surface area contributed by atoms with Gasteiger partial charge in [-0.25, -0.2) is 4.79 Å². The van der Waals surface area contributed by atoms with Crippen LogP contribution in [0.15, 0.2) is 29.2 Å². The first-order chi connectivity index (χ1) is 11.5. The number of carbonyl (C=O) groups is 1. The van der Waals surface area contributed by atoms with Gasteiger partial charge < -0.3 is 19.5 Å². The Morgan fingerprint density at radius 1 is 1.38 bits per heavy atom. The molecule has 126 valence electrons. The van der Waals surface area contributed by atoms with Crippen LogP contribution < -0.4 is 10.2 Å². The van der Waals surface area contributed by atoms with Crippen LogP contribution in [0.3, 0.4) is 0 Å². The highest BCUT2D eigenvalue weighted by Crippen LogP contribution is 2.39. The number of fused-ring (bicyclic) bond motifs is 3. The van der Waals surface area contributed by atoms with E-state index >= 15 is 0 Å². The molecule has 24 heavy (non-hydrogen) atoms. The number of carboxylic acids is 1. The average molecular weight is 329 g/mol. The number of rotatable bonds is 3. The third kappa shape index (κ3) is 2.54. The summed E-state index contributed by atoms with van der Waals surface area (Å²) in [6, 6.07) is 4.81. The normalized spacial score (nSPS) is 16.0. The van der Waals surface area contributed by atoms with Gasteiger partial charge in [-0.15, -0.1) is 0 Å². The zero-order chi connectivity index (χ0) is 17.4. The fourth-order valence-electron chi connectivity index (χ4n) is 3.31. The topological polar surface area (TPSA) is 88.8 Å². The molecule has 0 bridgehead atoms. The lowest BCUT2D eigenvalue weighted by Crippen LogP contribution is -2.20. The molecule has 6 nitrogen and oxygen atoms in total. The van der Waals surface area contributed by atoms with Crippen LogP contribution in [-0.4, -0.2) is 27.9 Å².